The van der Waals surface area contributed by atoms with Crippen LogP contribution >= 0.6 is 11.6 Å². The van der Waals surface area contributed by atoms with Gasteiger partial charge in [-0.2, -0.15) is 5.26 Å². The second-order valence-corrected chi connectivity index (χ2v) is 10.2. The highest BCUT2D eigenvalue weighted by Gasteiger charge is 2.61. The topological polar surface area (TPSA) is 91.2 Å². The normalized spacial score (nSPS) is 21.4. The highest BCUT2D eigenvalue weighted by Crippen LogP contribution is 2.58. The van der Waals surface area contributed by atoms with Crippen LogP contribution in [0, 0.1) is 23.0 Å². The number of nitriles is 1. The molecule has 3 atom stereocenters. The second-order valence-electron chi connectivity index (χ2n) is 9.75. The minimum Gasteiger partial charge on any atom is -0.457 e. The van der Waals surface area contributed by atoms with Crippen molar-refractivity contribution in [2.45, 2.75) is 23.8 Å². The number of piperidine rings is 1. The number of ether oxygens (including phenoxy) is 1. The van der Waals surface area contributed by atoms with E-state index in [9.17, 15) is 18.4 Å². The Bertz CT molecular complexity index is 1720. The van der Waals surface area contributed by atoms with Crippen LogP contribution in [0.3, 0.4) is 0 Å². The van der Waals surface area contributed by atoms with Crippen molar-refractivity contribution in [3.63, 3.8) is 0 Å². The summed E-state index contributed by atoms with van der Waals surface area (Å²) in [6.45, 7) is 0. The molecular weight excluding hydrogens is 536 g/mol. The molecular formula is C31H20ClF2N3O3. The van der Waals surface area contributed by atoms with Gasteiger partial charge >= 0.3 is 0 Å². The third-order valence-corrected chi connectivity index (χ3v) is 7.73. The van der Waals surface area contributed by atoms with E-state index >= 15 is 0 Å². The Morgan fingerprint density at radius 3 is 2.48 bits per heavy atom. The van der Waals surface area contributed by atoms with Crippen LogP contribution in [0.1, 0.15) is 40.6 Å². The van der Waals surface area contributed by atoms with E-state index in [0.717, 1.165) is 0 Å². The maximum absolute atomic E-state index is 14.9. The lowest BCUT2D eigenvalue weighted by Gasteiger charge is -2.46. The summed E-state index contributed by atoms with van der Waals surface area (Å²) in [6.07, 6.45) is -0.115. The first-order chi connectivity index (χ1) is 19.3. The fourth-order valence-corrected chi connectivity index (χ4v) is 6.00. The maximum atomic E-state index is 14.9. The minimum absolute atomic E-state index is 0.115. The molecule has 4 aromatic rings. The summed E-state index contributed by atoms with van der Waals surface area (Å²) in [4.78, 5) is 27.4. The molecule has 2 amide bonds. The van der Waals surface area contributed by atoms with E-state index in [-0.39, 0.29) is 17.7 Å². The quantitative estimate of drug-likeness (QED) is 0.300. The monoisotopic (exact) mass is 555 g/mol. The Labute approximate surface area is 233 Å². The molecule has 0 radical (unpaired) electrons. The molecule has 198 valence electrons. The fraction of sp³-hybridized carbons (Fsp3) is 0.129. The number of nitrogens with zero attached hydrogens (tertiary/aromatic N) is 1. The van der Waals surface area contributed by atoms with Gasteiger partial charge in [-0.3, -0.25) is 9.59 Å². The molecule has 2 heterocycles. The van der Waals surface area contributed by atoms with Crippen LogP contribution in [-0.2, 0) is 15.0 Å². The van der Waals surface area contributed by atoms with E-state index < -0.39 is 40.8 Å². The van der Waals surface area contributed by atoms with Crippen molar-refractivity contribution in [3.05, 3.63) is 124 Å². The summed E-state index contributed by atoms with van der Waals surface area (Å²) >= 11 is 6.25. The van der Waals surface area contributed by atoms with Gasteiger partial charge in [0.1, 0.15) is 28.5 Å². The third-order valence-electron chi connectivity index (χ3n) is 7.50. The lowest BCUT2D eigenvalue weighted by atomic mass is 9.59. The molecule has 0 unspecified atom stereocenters. The molecule has 2 aliphatic heterocycles. The van der Waals surface area contributed by atoms with Crippen LogP contribution in [0.5, 0.6) is 11.5 Å². The zero-order chi connectivity index (χ0) is 28.0. The van der Waals surface area contributed by atoms with Gasteiger partial charge in [0.2, 0.25) is 11.8 Å². The van der Waals surface area contributed by atoms with Gasteiger partial charge in [-0.25, -0.2) is 8.78 Å². The number of carbonyl (C=O) groups excluding carboxylic acids is 2. The first-order valence-electron chi connectivity index (χ1n) is 12.4. The van der Waals surface area contributed by atoms with Crippen molar-refractivity contribution in [2.75, 3.05) is 5.32 Å². The standard InChI is InChI=1S/C31H20ClF2N3O3/c32-19-6-10-24-26(13-19)36-30(39)31(24)25(18-2-1-3-20(33)12-18)15-28(38)37-29(31)23-14-21(34)7-11-27(23)40-22-8-4-17(16-35)5-9-22/h1-14,25,29H,15H2,(H,36,39)(H,37,38)/t25-,29+,31-/m0/s1. The first kappa shape index (κ1) is 25.5. The van der Waals surface area contributed by atoms with Gasteiger partial charge in [-0.05, 0) is 77.9 Å². The molecule has 40 heavy (non-hydrogen) atoms. The van der Waals surface area contributed by atoms with Gasteiger partial charge in [0, 0.05) is 28.6 Å². The van der Waals surface area contributed by atoms with Crippen LogP contribution < -0.4 is 15.4 Å². The van der Waals surface area contributed by atoms with Crippen LogP contribution in [0.2, 0.25) is 5.02 Å². The molecule has 6 rings (SSSR count). The third kappa shape index (κ3) is 4.16. The summed E-state index contributed by atoms with van der Waals surface area (Å²) in [5.74, 6) is -2.20. The van der Waals surface area contributed by atoms with Gasteiger partial charge < -0.3 is 15.4 Å². The van der Waals surface area contributed by atoms with Crippen molar-refractivity contribution < 1.29 is 23.1 Å². The van der Waals surface area contributed by atoms with E-state index in [1.807, 2.05) is 6.07 Å². The number of rotatable bonds is 4. The Balaban J connectivity index is 1.58. The predicted molar refractivity (Wildman–Crippen MR) is 144 cm³/mol. The maximum Gasteiger partial charge on any atom is 0.238 e. The fourth-order valence-electron chi connectivity index (χ4n) is 5.83. The lowest BCUT2D eigenvalue weighted by Crippen LogP contribution is -2.56. The molecule has 0 aliphatic carbocycles. The number of anilines is 1. The van der Waals surface area contributed by atoms with Crippen LogP contribution in [0.4, 0.5) is 14.5 Å². The minimum atomic E-state index is -1.50. The number of nitrogens with one attached hydrogen (secondary N) is 2. The molecule has 6 nitrogen and oxygen atoms in total. The van der Waals surface area contributed by atoms with Gasteiger partial charge in [0.05, 0.1) is 17.7 Å². The highest BCUT2D eigenvalue weighted by molar-refractivity contribution is 6.31. The number of hydrogen-bond acceptors (Lipinski definition) is 4. The number of hydrogen-bond donors (Lipinski definition) is 2. The van der Waals surface area contributed by atoms with E-state index in [0.29, 0.717) is 33.1 Å². The van der Waals surface area contributed by atoms with Crippen LogP contribution in [-0.4, -0.2) is 11.8 Å². The number of halogens is 3. The Morgan fingerprint density at radius 1 is 0.950 bits per heavy atom. The molecule has 9 heteroatoms. The van der Waals surface area contributed by atoms with Crippen LogP contribution in [0.25, 0.3) is 0 Å². The van der Waals surface area contributed by atoms with Crippen molar-refractivity contribution in [1.82, 2.24) is 5.32 Å². The van der Waals surface area contributed by atoms with Crippen molar-refractivity contribution in [2.24, 2.45) is 0 Å². The molecule has 1 spiro atoms. The van der Waals surface area contributed by atoms with Gasteiger partial charge in [-0.1, -0.05) is 29.8 Å². The Morgan fingerprint density at radius 2 is 1.73 bits per heavy atom. The smallest absolute Gasteiger partial charge is 0.238 e. The number of carbonyl (C=O) groups is 2. The predicted octanol–water partition coefficient (Wildman–Crippen LogP) is 6.52. The molecule has 2 aliphatic rings. The van der Waals surface area contributed by atoms with E-state index in [2.05, 4.69) is 10.6 Å². The van der Waals surface area contributed by atoms with Gasteiger partial charge in [0.25, 0.3) is 0 Å². The summed E-state index contributed by atoms with van der Waals surface area (Å²) in [7, 11) is 0. The van der Waals surface area contributed by atoms with E-state index in [4.69, 9.17) is 21.6 Å². The zero-order valence-corrected chi connectivity index (χ0v) is 21.5. The van der Waals surface area contributed by atoms with E-state index in [1.165, 1.54) is 36.4 Å². The summed E-state index contributed by atoms with van der Waals surface area (Å²) in [6, 6.07) is 21.9. The molecule has 0 bridgehead atoms. The molecule has 0 saturated carbocycles. The van der Waals surface area contributed by atoms with Crippen molar-refractivity contribution in [1.29, 1.82) is 5.26 Å². The average molecular weight is 556 g/mol. The molecule has 4 aromatic carbocycles. The summed E-state index contributed by atoms with van der Waals surface area (Å²) in [5, 5.41) is 15.3. The first-order valence-corrected chi connectivity index (χ1v) is 12.8. The zero-order valence-electron chi connectivity index (χ0n) is 20.8. The van der Waals surface area contributed by atoms with Crippen molar-refractivity contribution in [3.8, 4) is 17.6 Å². The Kier molecular flexibility index (Phi) is 6.24. The molecule has 1 fully saturated rings. The molecule has 2 N–H and O–H groups in total. The van der Waals surface area contributed by atoms with Gasteiger partial charge in [0.15, 0.2) is 0 Å². The largest absolute Gasteiger partial charge is 0.457 e. The Hall–Kier alpha value is -4.74. The summed E-state index contributed by atoms with van der Waals surface area (Å²) < 4.78 is 35.4. The van der Waals surface area contributed by atoms with E-state index in [1.54, 1.807) is 48.5 Å². The average Bonchev–Trinajstić information content (AvgIpc) is 3.22. The molecule has 1 saturated heterocycles. The van der Waals surface area contributed by atoms with Crippen molar-refractivity contribution >= 4 is 29.1 Å². The number of fused-ring (bicyclic) bond motifs is 2. The number of amides is 2. The lowest BCUT2D eigenvalue weighted by molar-refractivity contribution is -0.131. The number of benzene rings is 4. The van der Waals surface area contributed by atoms with Gasteiger partial charge in [-0.15, -0.1) is 0 Å². The molecule has 0 aromatic heterocycles. The SMILES string of the molecule is N#Cc1ccc(Oc2ccc(F)cc2[C@H]2NC(=O)C[C@@H](c3cccc(F)c3)[C@]23C(=O)Nc2cc(Cl)ccc23)cc1. The van der Waals surface area contributed by atoms with Crippen LogP contribution in [0.15, 0.2) is 84.9 Å². The summed E-state index contributed by atoms with van der Waals surface area (Å²) in [5.41, 5.74) is 0.584. The highest BCUT2D eigenvalue weighted by atomic mass is 35.5. The second kappa shape index (κ2) is 9.78.